The number of hydrogen-bond acceptors (Lipinski definition) is 3. The Bertz CT molecular complexity index is 472. The largest absolute Gasteiger partial charge is 0.366 e. The summed E-state index contributed by atoms with van der Waals surface area (Å²) in [5.74, 6) is -1.02. The maximum atomic E-state index is 13.8. The van der Waals surface area contributed by atoms with Crippen LogP contribution in [0.15, 0.2) is 18.2 Å². The fourth-order valence-corrected chi connectivity index (χ4v) is 2.29. The molecule has 0 bridgehead atoms. The standard InChI is InChI=1S/C15H24FN3O/c1-15(2,10-19(3)4)9-18-8-12-6-5-11(14(17)20)7-13(12)16/h5-7,18H,8-10H2,1-4H3,(H2,17,20). The molecule has 0 aliphatic carbocycles. The number of hydrogen-bond donors (Lipinski definition) is 2. The Kier molecular flexibility index (Phi) is 5.65. The van der Waals surface area contributed by atoms with Gasteiger partial charge in [-0.3, -0.25) is 4.79 Å². The lowest BCUT2D eigenvalue weighted by Gasteiger charge is -2.28. The smallest absolute Gasteiger partial charge is 0.248 e. The van der Waals surface area contributed by atoms with Crippen LogP contribution in [-0.2, 0) is 6.54 Å². The Morgan fingerprint density at radius 1 is 1.40 bits per heavy atom. The topological polar surface area (TPSA) is 58.4 Å². The molecule has 1 aromatic rings. The molecule has 1 rings (SSSR count). The third-order valence-electron chi connectivity index (χ3n) is 3.00. The number of rotatable bonds is 7. The summed E-state index contributed by atoms with van der Waals surface area (Å²) in [5.41, 5.74) is 5.95. The first-order chi connectivity index (χ1) is 9.21. The highest BCUT2D eigenvalue weighted by Crippen LogP contribution is 2.15. The summed E-state index contributed by atoms with van der Waals surface area (Å²) in [6.07, 6.45) is 0. The first kappa shape index (κ1) is 16.6. The molecule has 4 nitrogen and oxygen atoms in total. The van der Waals surface area contributed by atoms with Crippen LogP contribution < -0.4 is 11.1 Å². The second-order valence-corrected chi connectivity index (χ2v) is 6.18. The van der Waals surface area contributed by atoms with E-state index < -0.39 is 11.7 Å². The van der Waals surface area contributed by atoms with Gasteiger partial charge < -0.3 is 16.0 Å². The molecule has 20 heavy (non-hydrogen) atoms. The van der Waals surface area contributed by atoms with E-state index in [-0.39, 0.29) is 11.0 Å². The molecule has 0 aliphatic heterocycles. The molecule has 0 saturated heterocycles. The van der Waals surface area contributed by atoms with Crippen molar-refractivity contribution >= 4 is 5.91 Å². The number of nitrogens with one attached hydrogen (secondary N) is 1. The van der Waals surface area contributed by atoms with Gasteiger partial charge in [0.25, 0.3) is 0 Å². The Labute approximate surface area is 120 Å². The summed E-state index contributed by atoms with van der Waals surface area (Å²) in [6, 6.07) is 4.33. The normalized spacial score (nSPS) is 11.9. The van der Waals surface area contributed by atoms with Crippen LogP contribution in [0.25, 0.3) is 0 Å². The lowest BCUT2D eigenvalue weighted by molar-refractivity contribution is 0.1000. The monoisotopic (exact) mass is 281 g/mol. The van der Waals surface area contributed by atoms with Crippen LogP contribution in [0.1, 0.15) is 29.8 Å². The van der Waals surface area contributed by atoms with E-state index in [1.165, 1.54) is 6.07 Å². The molecule has 0 fully saturated rings. The van der Waals surface area contributed by atoms with Crippen molar-refractivity contribution in [2.75, 3.05) is 27.2 Å². The first-order valence-corrected chi connectivity index (χ1v) is 6.65. The van der Waals surface area contributed by atoms with Gasteiger partial charge in [-0.25, -0.2) is 4.39 Å². The molecule has 5 heteroatoms. The average molecular weight is 281 g/mol. The number of carbonyl (C=O) groups excluding carboxylic acids is 1. The molecule has 3 N–H and O–H groups in total. The van der Waals surface area contributed by atoms with Gasteiger partial charge in [0.15, 0.2) is 0 Å². The van der Waals surface area contributed by atoms with Gasteiger partial charge in [-0.2, -0.15) is 0 Å². The molecule has 0 unspecified atom stereocenters. The summed E-state index contributed by atoms with van der Waals surface area (Å²) in [7, 11) is 4.06. The van der Waals surface area contributed by atoms with Crippen LogP contribution in [0.3, 0.4) is 0 Å². The van der Waals surface area contributed by atoms with Crippen molar-refractivity contribution in [3.8, 4) is 0 Å². The van der Waals surface area contributed by atoms with Crippen molar-refractivity contribution in [3.05, 3.63) is 35.1 Å². The second-order valence-electron chi connectivity index (χ2n) is 6.18. The van der Waals surface area contributed by atoms with Crippen LogP contribution in [0.2, 0.25) is 0 Å². The van der Waals surface area contributed by atoms with Crippen LogP contribution >= 0.6 is 0 Å². The van der Waals surface area contributed by atoms with Crippen molar-refractivity contribution in [1.82, 2.24) is 10.2 Å². The Morgan fingerprint density at radius 2 is 2.05 bits per heavy atom. The SMILES string of the molecule is CN(C)CC(C)(C)CNCc1ccc(C(N)=O)cc1F. The Hall–Kier alpha value is -1.46. The maximum absolute atomic E-state index is 13.8. The van der Waals surface area contributed by atoms with Crippen molar-refractivity contribution in [2.24, 2.45) is 11.1 Å². The fourth-order valence-electron chi connectivity index (χ4n) is 2.29. The summed E-state index contributed by atoms with van der Waals surface area (Å²) in [4.78, 5) is 13.1. The van der Waals surface area contributed by atoms with E-state index in [9.17, 15) is 9.18 Å². The predicted octanol–water partition coefficient (Wildman–Crippen LogP) is 1.60. The summed E-state index contributed by atoms with van der Waals surface area (Å²) >= 11 is 0. The molecule has 0 radical (unpaired) electrons. The van der Waals surface area contributed by atoms with Gasteiger partial charge in [0.05, 0.1) is 0 Å². The third kappa shape index (κ3) is 5.27. The van der Waals surface area contributed by atoms with Gasteiger partial charge in [-0.1, -0.05) is 19.9 Å². The zero-order chi connectivity index (χ0) is 15.3. The number of halogens is 1. The molecule has 0 atom stereocenters. The van der Waals surface area contributed by atoms with Gasteiger partial charge in [-0.05, 0) is 31.6 Å². The minimum atomic E-state index is -0.615. The zero-order valence-corrected chi connectivity index (χ0v) is 12.7. The van der Waals surface area contributed by atoms with Crippen LogP contribution in [0.5, 0.6) is 0 Å². The minimum Gasteiger partial charge on any atom is -0.366 e. The van der Waals surface area contributed by atoms with Crippen molar-refractivity contribution < 1.29 is 9.18 Å². The molecule has 112 valence electrons. The second kappa shape index (κ2) is 6.81. The molecule has 1 aromatic carbocycles. The summed E-state index contributed by atoms with van der Waals surface area (Å²) in [5, 5.41) is 3.25. The number of nitrogens with two attached hydrogens (primary N) is 1. The molecule has 1 amide bonds. The lowest BCUT2D eigenvalue weighted by atomic mass is 9.93. The molecule has 0 spiro atoms. The van der Waals surface area contributed by atoms with E-state index in [1.807, 2.05) is 14.1 Å². The molecule has 0 heterocycles. The summed E-state index contributed by atoms with van der Waals surface area (Å²) in [6.45, 7) is 6.48. The fraction of sp³-hybridized carbons (Fsp3) is 0.533. The van der Waals surface area contributed by atoms with Gasteiger partial charge in [0, 0.05) is 30.8 Å². The maximum Gasteiger partial charge on any atom is 0.248 e. The minimum absolute atomic E-state index is 0.104. The van der Waals surface area contributed by atoms with E-state index in [1.54, 1.807) is 12.1 Å². The van der Waals surface area contributed by atoms with Gasteiger partial charge in [0.1, 0.15) is 5.82 Å². The van der Waals surface area contributed by atoms with E-state index >= 15 is 0 Å². The van der Waals surface area contributed by atoms with Crippen molar-refractivity contribution in [1.29, 1.82) is 0 Å². The van der Waals surface area contributed by atoms with Gasteiger partial charge in [0.2, 0.25) is 5.91 Å². The third-order valence-corrected chi connectivity index (χ3v) is 3.00. The average Bonchev–Trinajstić information content (AvgIpc) is 2.29. The van der Waals surface area contributed by atoms with E-state index in [4.69, 9.17) is 5.73 Å². The summed E-state index contributed by atoms with van der Waals surface area (Å²) < 4.78 is 13.8. The molecular formula is C15H24FN3O. The van der Waals surface area contributed by atoms with Crippen LogP contribution in [0.4, 0.5) is 4.39 Å². The number of nitrogens with zero attached hydrogens (tertiary/aromatic N) is 1. The first-order valence-electron chi connectivity index (χ1n) is 6.65. The van der Waals surface area contributed by atoms with E-state index in [2.05, 4.69) is 24.1 Å². The highest BCUT2D eigenvalue weighted by molar-refractivity contribution is 5.92. The van der Waals surface area contributed by atoms with Crippen LogP contribution in [0, 0.1) is 11.2 Å². The van der Waals surface area contributed by atoms with E-state index in [0.717, 1.165) is 13.1 Å². The van der Waals surface area contributed by atoms with Crippen molar-refractivity contribution in [2.45, 2.75) is 20.4 Å². The Balaban J connectivity index is 2.56. The van der Waals surface area contributed by atoms with Gasteiger partial charge >= 0.3 is 0 Å². The van der Waals surface area contributed by atoms with Gasteiger partial charge in [-0.15, -0.1) is 0 Å². The van der Waals surface area contributed by atoms with Crippen LogP contribution in [-0.4, -0.2) is 38.0 Å². The number of primary amides is 1. The quantitative estimate of drug-likeness (QED) is 0.798. The molecule has 0 aromatic heterocycles. The molecule has 0 aliphatic rings. The number of carbonyl (C=O) groups is 1. The molecule has 0 saturated carbocycles. The molecular weight excluding hydrogens is 257 g/mol. The highest BCUT2D eigenvalue weighted by atomic mass is 19.1. The number of amides is 1. The Morgan fingerprint density at radius 3 is 2.55 bits per heavy atom. The van der Waals surface area contributed by atoms with Crippen molar-refractivity contribution in [3.63, 3.8) is 0 Å². The van der Waals surface area contributed by atoms with E-state index in [0.29, 0.717) is 12.1 Å². The predicted molar refractivity (Wildman–Crippen MR) is 79.0 cm³/mol. The zero-order valence-electron chi connectivity index (χ0n) is 12.7. The number of benzene rings is 1. The highest BCUT2D eigenvalue weighted by Gasteiger charge is 2.18. The lowest BCUT2D eigenvalue weighted by Crippen LogP contribution is -2.37.